The Bertz CT molecular complexity index is 768. The van der Waals surface area contributed by atoms with Crippen LogP contribution in [0.5, 0.6) is 0 Å². The van der Waals surface area contributed by atoms with Crippen molar-refractivity contribution in [3.63, 3.8) is 0 Å². The molecular weight excluding hydrogens is 326 g/mol. The third-order valence-corrected chi connectivity index (χ3v) is 4.95. The van der Waals surface area contributed by atoms with Gasteiger partial charge in [0, 0.05) is 43.5 Å². The normalized spacial score (nSPS) is 16.2. The molecule has 0 saturated carbocycles. The van der Waals surface area contributed by atoms with E-state index in [0.717, 1.165) is 13.1 Å². The number of amides is 2. The van der Waals surface area contributed by atoms with E-state index in [2.05, 4.69) is 41.4 Å². The molecule has 0 spiro atoms. The van der Waals surface area contributed by atoms with E-state index in [1.54, 1.807) is 24.3 Å². The molecule has 1 heterocycles. The molecule has 5 heteroatoms. The maximum absolute atomic E-state index is 12.5. The average molecular weight is 351 g/mol. The Balaban J connectivity index is 1.55. The molecule has 2 aromatic rings. The first-order chi connectivity index (χ1) is 12.5. The van der Waals surface area contributed by atoms with Gasteiger partial charge in [-0.2, -0.15) is 0 Å². The number of urea groups is 1. The smallest absolute Gasteiger partial charge is 0.321 e. The number of hydrogen-bond acceptors (Lipinski definition) is 3. The van der Waals surface area contributed by atoms with E-state index in [0.29, 0.717) is 30.4 Å². The molecule has 1 aliphatic rings. The summed E-state index contributed by atoms with van der Waals surface area (Å²) in [6.45, 7) is 6.80. The Morgan fingerprint density at radius 2 is 1.65 bits per heavy atom. The van der Waals surface area contributed by atoms with Crippen molar-refractivity contribution >= 4 is 17.5 Å². The quantitative estimate of drug-likeness (QED) is 0.853. The van der Waals surface area contributed by atoms with Crippen LogP contribution in [0.1, 0.15) is 35.8 Å². The first-order valence-corrected chi connectivity index (χ1v) is 9.00. The first kappa shape index (κ1) is 18.1. The highest BCUT2D eigenvalue weighted by atomic mass is 16.2. The topological polar surface area (TPSA) is 52.7 Å². The fourth-order valence-corrected chi connectivity index (χ4v) is 3.27. The van der Waals surface area contributed by atoms with Crippen LogP contribution in [0, 0.1) is 0 Å². The third kappa shape index (κ3) is 4.29. The summed E-state index contributed by atoms with van der Waals surface area (Å²) in [4.78, 5) is 28.2. The van der Waals surface area contributed by atoms with Crippen LogP contribution in [-0.4, -0.2) is 47.8 Å². The fraction of sp³-hybridized carbons (Fsp3) is 0.333. The third-order valence-electron chi connectivity index (χ3n) is 4.95. The van der Waals surface area contributed by atoms with Crippen molar-refractivity contribution in [3.8, 4) is 0 Å². The summed E-state index contributed by atoms with van der Waals surface area (Å²) in [6.07, 6.45) is 0. The van der Waals surface area contributed by atoms with Crippen LogP contribution in [0.25, 0.3) is 0 Å². The predicted molar refractivity (Wildman–Crippen MR) is 103 cm³/mol. The summed E-state index contributed by atoms with van der Waals surface area (Å²) < 4.78 is 0. The highest BCUT2D eigenvalue weighted by molar-refractivity contribution is 5.96. The van der Waals surface area contributed by atoms with Crippen molar-refractivity contribution in [2.75, 3.05) is 31.5 Å². The molecule has 1 N–H and O–H groups in total. The van der Waals surface area contributed by atoms with Crippen LogP contribution in [0.4, 0.5) is 10.5 Å². The molecule has 1 fully saturated rings. The SMILES string of the molecule is CC(=O)c1cccc(NC(=O)N2CCN([C@@H](C)c3ccccc3)CC2)c1. The summed E-state index contributed by atoms with van der Waals surface area (Å²) in [6, 6.07) is 17.7. The molecule has 0 aromatic heterocycles. The maximum atomic E-state index is 12.5. The van der Waals surface area contributed by atoms with E-state index in [1.165, 1.54) is 12.5 Å². The number of hydrogen-bond donors (Lipinski definition) is 1. The average Bonchev–Trinajstić information content (AvgIpc) is 2.68. The van der Waals surface area contributed by atoms with Gasteiger partial charge in [0.2, 0.25) is 0 Å². The van der Waals surface area contributed by atoms with Crippen LogP contribution < -0.4 is 5.32 Å². The van der Waals surface area contributed by atoms with Gasteiger partial charge >= 0.3 is 6.03 Å². The van der Waals surface area contributed by atoms with Gasteiger partial charge in [-0.05, 0) is 31.5 Å². The lowest BCUT2D eigenvalue weighted by atomic mass is 10.1. The van der Waals surface area contributed by atoms with E-state index in [4.69, 9.17) is 0 Å². The standard InChI is InChI=1S/C21H25N3O2/c1-16(18-7-4-3-5-8-18)23-11-13-24(14-12-23)21(26)22-20-10-6-9-19(15-20)17(2)25/h3-10,15-16H,11-14H2,1-2H3,(H,22,26)/t16-/m0/s1. The number of ketones is 1. The Labute approximate surface area is 154 Å². The van der Waals surface area contributed by atoms with Crippen LogP contribution in [-0.2, 0) is 0 Å². The van der Waals surface area contributed by atoms with Crippen LogP contribution in [0.2, 0.25) is 0 Å². The molecule has 26 heavy (non-hydrogen) atoms. The molecule has 3 rings (SSSR count). The zero-order valence-electron chi connectivity index (χ0n) is 15.3. The monoisotopic (exact) mass is 351 g/mol. The highest BCUT2D eigenvalue weighted by Crippen LogP contribution is 2.21. The van der Waals surface area contributed by atoms with Gasteiger partial charge in [-0.3, -0.25) is 9.69 Å². The molecule has 2 aromatic carbocycles. The summed E-state index contributed by atoms with van der Waals surface area (Å²) in [5.41, 5.74) is 2.55. The van der Waals surface area contributed by atoms with Gasteiger partial charge in [0.1, 0.15) is 0 Å². The molecule has 2 amide bonds. The lowest BCUT2D eigenvalue weighted by Gasteiger charge is -2.38. The van der Waals surface area contributed by atoms with Gasteiger partial charge in [0.15, 0.2) is 5.78 Å². The molecule has 0 unspecified atom stereocenters. The Hall–Kier alpha value is -2.66. The van der Waals surface area contributed by atoms with E-state index in [-0.39, 0.29) is 11.8 Å². The summed E-state index contributed by atoms with van der Waals surface area (Å²) >= 11 is 0. The van der Waals surface area contributed by atoms with Crippen molar-refractivity contribution in [3.05, 3.63) is 65.7 Å². The number of carbonyl (C=O) groups is 2. The summed E-state index contributed by atoms with van der Waals surface area (Å²) in [5, 5.41) is 2.90. The minimum atomic E-state index is -0.113. The molecule has 1 aliphatic heterocycles. The second-order valence-corrected chi connectivity index (χ2v) is 6.68. The number of nitrogens with zero attached hydrogens (tertiary/aromatic N) is 2. The largest absolute Gasteiger partial charge is 0.322 e. The maximum Gasteiger partial charge on any atom is 0.321 e. The molecule has 1 atom stereocenters. The molecule has 5 nitrogen and oxygen atoms in total. The Morgan fingerprint density at radius 3 is 2.31 bits per heavy atom. The minimum Gasteiger partial charge on any atom is -0.322 e. The fourth-order valence-electron chi connectivity index (χ4n) is 3.27. The van der Waals surface area contributed by atoms with Gasteiger partial charge in [-0.1, -0.05) is 42.5 Å². The Kier molecular flexibility index (Phi) is 5.68. The Morgan fingerprint density at radius 1 is 0.962 bits per heavy atom. The van der Waals surface area contributed by atoms with Gasteiger partial charge < -0.3 is 10.2 Å². The van der Waals surface area contributed by atoms with Gasteiger partial charge in [-0.25, -0.2) is 4.79 Å². The van der Waals surface area contributed by atoms with Crippen molar-refractivity contribution in [2.45, 2.75) is 19.9 Å². The van der Waals surface area contributed by atoms with E-state index in [1.807, 2.05) is 11.0 Å². The van der Waals surface area contributed by atoms with Crippen molar-refractivity contribution in [1.82, 2.24) is 9.80 Å². The summed E-state index contributed by atoms with van der Waals surface area (Å²) in [7, 11) is 0. The number of Topliss-reactive ketones (excluding diaryl/α,β-unsaturated/α-hetero) is 1. The number of piperazine rings is 1. The number of anilines is 1. The van der Waals surface area contributed by atoms with Crippen molar-refractivity contribution in [1.29, 1.82) is 0 Å². The van der Waals surface area contributed by atoms with E-state index in [9.17, 15) is 9.59 Å². The molecule has 1 saturated heterocycles. The zero-order chi connectivity index (χ0) is 18.5. The number of benzene rings is 2. The second kappa shape index (κ2) is 8.15. The van der Waals surface area contributed by atoms with Gasteiger partial charge in [-0.15, -0.1) is 0 Å². The van der Waals surface area contributed by atoms with Crippen molar-refractivity contribution < 1.29 is 9.59 Å². The molecule has 0 radical (unpaired) electrons. The zero-order valence-corrected chi connectivity index (χ0v) is 15.3. The lowest BCUT2D eigenvalue weighted by molar-refractivity contribution is 0.101. The molecule has 0 bridgehead atoms. The van der Waals surface area contributed by atoms with Crippen LogP contribution >= 0.6 is 0 Å². The second-order valence-electron chi connectivity index (χ2n) is 6.68. The van der Waals surface area contributed by atoms with E-state index < -0.39 is 0 Å². The predicted octanol–water partition coefficient (Wildman–Crippen LogP) is 3.80. The van der Waals surface area contributed by atoms with Gasteiger partial charge in [0.25, 0.3) is 0 Å². The highest BCUT2D eigenvalue weighted by Gasteiger charge is 2.24. The molecular formula is C21H25N3O2. The number of nitrogens with one attached hydrogen (secondary N) is 1. The van der Waals surface area contributed by atoms with Crippen LogP contribution in [0.15, 0.2) is 54.6 Å². The molecule has 136 valence electrons. The van der Waals surface area contributed by atoms with Crippen molar-refractivity contribution in [2.24, 2.45) is 0 Å². The van der Waals surface area contributed by atoms with Gasteiger partial charge in [0.05, 0.1) is 0 Å². The van der Waals surface area contributed by atoms with Crippen LogP contribution in [0.3, 0.4) is 0 Å². The summed E-state index contributed by atoms with van der Waals surface area (Å²) in [5.74, 6) is -0.00962. The lowest BCUT2D eigenvalue weighted by Crippen LogP contribution is -2.50. The minimum absolute atomic E-state index is 0.00962. The first-order valence-electron chi connectivity index (χ1n) is 9.00. The number of rotatable bonds is 4. The number of carbonyl (C=O) groups excluding carboxylic acids is 2. The molecule has 0 aliphatic carbocycles. The van der Waals surface area contributed by atoms with E-state index >= 15 is 0 Å².